The molecule has 0 saturated carbocycles. The molecule has 132 valence electrons. The van der Waals surface area contributed by atoms with Crippen LogP contribution >= 0.6 is 11.3 Å². The summed E-state index contributed by atoms with van der Waals surface area (Å²) < 4.78 is 12.8. The number of halogens is 1. The molecule has 0 atom stereocenters. The fourth-order valence-corrected chi connectivity index (χ4v) is 2.62. The minimum Gasteiger partial charge on any atom is -0.351 e. The number of benzene rings is 1. The zero-order valence-electron chi connectivity index (χ0n) is 13.4. The Morgan fingerprint density at radius 2 is 1.72 bits per heavy atom. The summed E-state index contributed by atoms with van der Waals surface area (Å²) in [7, 11) is 0. The second-order valence-electron chi connectivity index (χ2n) is 5.24. The van der Waals surface area contributed by atoms with Crippen LogP contribution in [0.5, 0.6) is 0 Å². The monoisotopic (exact) mass is 363 g/mol. The molecule has 0 radical (unpaired) electrons. The van der Waals surface area contributed by atoms with Crippen LogP contribution in [-0.4, -0.2) is 24.3 Å². The molecule has 0 fully saturated rings. The van der Waals surface area contributed by atoms with E-state index >= 15 is 0 Å². The molecule has 3 N–H and O–H groups in total. The van der Waals surface area contributed by atoms with Crippen LogP contribution in [0.25, 0.3) is 0 Å². The third-order valence-corrected chi connectivity index (χ3v) is 4.10. The summed E-state index contributed by atoms with van der Waals surface area (Å²) in [6, 6.07) is 9.07. The summed E-state index contributed by atoms with van der Waals surface area (Å²) in [4.78, 5) is 35.6. The second kappa shape index (κ2) is 9.53. The summed E-state index contributed by atoms with van der Waals surface area (Å²) in [6.07, 6.45) is 0.662. The summed E-state index contributed by atoms with van der Waals surface area (Å²) in [5.74, 6) is -1.28. The topological polar surface area (TPSA) is 87.3 Å². The van der Waals surface area contributed by atoms with Crippen molar-refractivity contribution in [3.05, 3.63) is 58.0 Å². The third kappa shape index (κ3) is 6.72. The minimum atomic E-state index is -0.397. The fraction of sp³-hybridized carbons (Fsp3) is 0.235. The molecule has 0 unspecified atom stereocenters. The van der Waals surface area contributed by atoms with Gasteiger partial charge in [0.1, 0.15) is 5.82 Å². The number of thiophene rings is 1. The normalized spacial score (nSPS) is 10.1. The largest absolute Gasteiger partial charge is 0.351 e. The van der Waals surface area contributed by atoms with Crippen LogP contribution < -0.4 is 16.2 Å². The summed E-state index contributed by atoms with van der Waals surface area (Å²) in [6.45, 7) is 0.369. The van der Waals surface area contributed by atoms with Gasteiger partial charge in [0.25, 0.3) is 5.91 Å². The average Bonchev–Trinajstić information content (AvgIpc) is 3.13. The van der Waals surface area contributed by atoms with Gasteiger partial charge in [-0.3, -0.25) is 25.2 Å². The Bertz CT molecular complexity index is 717. The van der Waals surface area contributed by atoms with E-state index in [0.717, 1.165) is 0 Å². The first-order chi connectivity index (χ1) is 12.0. The van der Waals surface area contributed by atoms with E-state index < -0.39 is 5.91 Å². The highest BCUT2D eigenvalue weighted by Gasteiger charge is 2.08. The predicted octanol–water partition coefficient (Wildman–Crippen LogP) is 1.79. The van der Waals surface area contributed by atoms with Crippen molar-refractivity contribution in [2.24, 2.45) is 0 Å². The number of rotatable bonds is 7. The lowest BCUT2D eigenvalue weighted by molar-refractivity contribution is -0.128. The molecule has 8 heteroatoms. The molecule has 0 aliphatic heterocycles. The first-order valence-corrected chi connectivity index (χ1v) is 8.56. The lowest BCUT2D eigenvalue weighted by Gasteiger charge is -2.08. The molecule has 0 aliphatic carbocycles. The van der Waals surface area contributed by atoms with Crippen molar-refractivity contribution in [3.8, 4) is 0 Å². The number of hydrazine groups is 1. The van der Waals surface area contributed by atoms with Crippen LogP contribution in [0.15, 0.2) is 41.8 Å². The van der Waals surface area contributed by atoms with Crippen molar-refractivity contribution in [3.63, 3.8) is 0 Å². The zero-order chi connectivity index (χ0) is 18.1. The quantitative estimate of drug-likeness (QED) is 0.518. The molecule has 0 spiro atoms. The van der Waals surface area contributed by atoms with Gasteiger partial charge in [0.15, 0.2) is 0 Å². The molecule has 1 aromatic carbocycles. The number of hydrogen-bond acceptors (Lipinski definition) is 4. The Hall–Kier alpha value is -2.74. The Morgan fingerprint density at radius 3 is 2.40 bits per heavy atom. The standard InChI is InChI=1S/C17H18FN3O3S/c18-13-7-5-12(6-8-13)11-16(23)21-20-15(22)4-1-9-19-17(24)14-3-2-10-25-14/h2-3,5-8,10H,1,4,9,11H2,(H,19,24)(H,20,22)(H,21,23). The van der Waals surface area contributed by atoms with Gasteiger partial charge in [-0.1, -0.05) is 18.2 Å². The summed E-state index contributed by atoms with van der Waals surface area (Å²) >= 11 is 1.35. The van der Waals surface area contributed by atoms with E-state index in [-0.39, 0.29) is 30.5 Å². The van der Waals surface area contributed by atoms with Crippen LogP contribution in [0.2, 0.25) is 0 Å². The summed E-state index contributed by atoms with van der Waals surface area (Å²) in [5, 5.41) is 4.53. The SMILES string of the molecule is O=C(CCCNC(=O)c1cccs1)NNC(=O)Cc1ccc(F)cc1. The number of carbonyl (C=O) groups is 3. The van der Waals surface area contributed by atoms with Crippen LogP contribution in [0.3, 0.4) is 0 Å². The molecule has 3 amide bonds. The van der Waals surface area contributed by atoms with Gasteiger partial charge in [-0.05, 0) is 35.6 Å². The highest BCUT2D eigenvalue weighted by molar-refractivity contribution is 7.12. The molecule has 0 aliphatic rings. The number of carbonyl (C=O) groups excluding carboxylic acids is 3. The Labute approximate surface area is 148 Å². The number of amides is 3. The van der Waals surface area contributed by atoms with Crippen molar-refractivity contribution < 1.29 is 18.8 Å². The number of hydrogen-bond donors (Lipinski definition) is 3. The molecule has 25 heavy (non-hydrogen) atoms. The van der Waals surface area contributed by atoms with E-state index in [1.54, 1.807) is 12.1 Å². The second-order valence-corrected chi connectivity index (χ2v) is 6.18. The zero-order valence-corrected chi connectivity index (χ0v) is 14.2. The van der Waals surface area contributed by atoms with Crippen LogP contribution in [0.1, 0.15) is 28.1 Å². The van der Waals surface area contributed by atoms with Crippen LogP contribution in [0.4, 0.5) is 4.39 Å². The smallest absolute Gasteiger partial charge is 0.261 e. The highest BCUT2D eigenvalue weighted by atomic mass is 32.1. The van der Waals surface area contributed by atoms with Gasteiger partial charge in [0.2, 0.25) is 11.8 Å². The Kier molecular flexibility index (Phi) is 7.09. The molecular formula is C17H18FN3O3S. The van der Waals surface area contributed by atoms with E-state index in [1.165, 1.54) is 35.6 Å². The van der Waals surface area contributed by atoms with E-state index in [4.69, 9.17) is 0 Å². The maximum atomic E-state index is 12.8. The Morgan fingerprint density at radius 1 is 1.00 bits per heavy atom. The van der Waals surface area contributed by atoms with E-state index in [1.807, 2.05) is 5.38 Å². The van der Waals surface area contributed by atoms with Crippen molar-refractivity contribution in [1.82, 2.24) is 16.2 Å². The lowest BCUT2D eigenvalue weighted by Crippen LogP contribution is -2.42. The molecule has 6 nitrogen and oxygen atoms in total. The van der Waals surface area contributed by atoms with Gasteiger partial charge >= 0.3 is 0 Å². The maximum Gasteiger partial charge on any atom is 0.261 e. The molecule has 2 rings (SSSR count). The minimum absolute atomic E-state index is 0.0391. The fourth-order valence-electron chi connectivity index (χ4n) is 1.98. The van der Waals surface area contributed by atoms with E-state index in [2.05, 4.69) is 16.2 Å². The molecule has 1 aromatic heterocycles. The first-order valence-electron chi connectivity index (χ1n) is 7.68. The van der Waals surface area contributed by atoms with Crippen molar-refractivity contribution >= 4 is 29.1 Å². The van der Waals surface area contributed by atoms with Gasteiger partial charge in [-0.25, -0.2) is 4.39 Å². The molecule has 1 heterocycles. The van der Waals surface area contributed by atoms with E-state index in [9.17, 15) is 18.8 Å². The molecule has 0 saturated heterocycles. The molecular weight excluding hydrogens is 345 g/mol. The van der Waals surface area contributed by atoms with Crippen molar-refractivity contribution in [2.75, 3.05) is 6.54 Å². The maximum absolute atomic E-state index is 12.8. The van der Waals surface area contributed by atoms with Crippen molar-refractivity contribution in [1.29, 1.82) is 0 Å². The van der Waals surface area contributed by atoms with Gasteiger partial charge in [-0.2, -0.15) is 0 Å². The van der Waals surface area contributed by atoms with Gasteiger partial charge in [0, 0.05) is 13.0 Å². The van der Waals surface area contributed by atoms with Crippen LogP contribution in [0, 0.1) is 5.82 Å². The van der Waals surface area contributed by atoms with Gasteiger partial charge < -0.3 is 5.32 Å². The van der Waals surface area contributed by atoms with Crippen molar-refractivity contribution in [2.45, 2.75) is 19.3 Å². The predicted molar refractivity (Wildman–Crippen MR) is 92.3 cm³/mol. The highest BCUT2D eigenvalue weighted by Crippen LogP contribution is 2.07. The molecule has 0 bridgehead atoms. The molecule has 2 aromatic rings. The van der Waals surface area contributed by atoms with Gasteiger partial charge in [-0.15, -0.1) is 11.3 Å². The summed E-state index contributed by atoms with van der Waals surface area (Å²) in [5.41, 5.74) is 5.25. The third-order valence-electron chi connectivity index (χ3n) is 3.23. The van der Waals surface area contributed by atoms with Gasteiger partial charge in [0.05, 0.1) is 11.3 Å². The Balaban J connectivity index is 1.58. The average molecular weight is 363 g/mol. The number of nitrogens with one attached hydrogen (secondary N) is 3. The lowest BCUT2D eigenvalue weighted by atomic mass is 10.1. The van der Waals surface area contributed by atoms with E-state index in [0.29, 0.717) is 23.4 Å². The van der Waals surface area contributed by atoms with Crippen LogP contribution in [-0.2, 0) is 16.0 Å². The first kappa shape index (κ1) is 18.6.